The van der Waals surface area contributed by atoms with E-state index in [2.05, 4.69) is 60.8 Å². The zero-order valence-corrected chi connectivity index (χ0v) is 41.1. The van der Waals surface area contributed by atoms with E-state index in [1.807, 2.05) is 6.92 Å². The van der Waals surface area contributed by atoms with E-state index in [9.17, 15) is 25.2 Å². The van der Waals surface area contributed by atoms with Crippen LogP contribution in [-0.2, 0) is 4.79 Å². The first-order chi connectivity index (χ1) is 30.5. The van der Waals surface area contributed by atoms with E-state index in [4.69, 9.17) is 0 Å². The molecule has 0 saturated carbocycles. The van der Waals surface area contributed by atoms with Gasteiger partial charge in [-0.1, -0.05) is 235 Å². The highest BCUT2D eigenvalue weighted by Crippen LogP contribution is 2.17. The number of nitrogens with one attached hydrogen (secondary N) is 1. The van der Waals surface area contributed by atoms with Crippen LogP contribution in [0.1, 0.15) is 271 Å². The number of carbonyl (C=O) groups excluding carboxylic acids is 1. The normalized spacial score (nSPS) is 14.2. The highest BCUT2D eigenvalue weighted by molar-refractivity contribution is 5.80. The Balaban J connectivity index is 3.56. The summed E-state index contributed by atoms with van der Waals surface area (Å²) in [5.74, 6) is -0.599. The average Bonchev–Trinajstić information content (AvgIpc) is 3.28. The summed E-state index contributed by atoms with van der Waals surface area (Å²) in [6.45, 7) is 3.83. The first-order valence-electron chi connectivity index (χ1n) is 27.0. The van der Waals surface area contributed by atoms with Gasteiger partial charge in [0.15, 0.2) is 0 Å². The third-order valence-corrected chi connectivity index (χ3v) is 12.6. The van der Waals surface area contributed by atoms with Crippen LogP contribution in [0.2, 0.25) is 0 Å². The fourth-order valence-electron chi connectivity index (χ4n) is 8.32. The smallest absolute Gasteiger partial charge is 0.249 e. The van der Waals surface area contributed by atoms with Gasteiger partial charge in [0.2, 0.25) is 5.91 Å². The predicted molar refractivity (Wildman–Crippen MR) is 270 cm³/mol. The lowest BCUT2D eigenvalue weighted by Gasteiger charge is -2.27. The molecule has 0 aromatic heterocycles. The Morgan fingerprint density at radius 3 is 1.11 bits per heavy atom. The molecule has 0 rings (SSSR count). The van der Waals surface area contributed by atoms with E-state index in [0.29, 0.717) is 19.3 Å². The van der Waals surface area contributed by atoms with Gasteiger partial charge in [-0.05, 0) is 84.0 Å². The van der Waals surface area contributed by atoms with Crippen LogP contribution in [0.4, 0.5) is 0 Å². The minimum Gasteiger partial charge on any atom is -0.394 e. The number of aliphatic hydroxyl groups excluding tert-OH is 4. The molecule has 0 bridgehead atoms. The maximum Gasteiger partial charge on any atom is 0.249 e. The largest absolute Gasteiger partial charge is 0.394 e. The molecule has 364 valence electrons. The molecular formula is C56H105NO5. The highest BCUT2D eigenvalue weighted by Gasteiger charge is 2.28. The number of hydrogen-bond acceptors (Lipinski definition) is 5. The third-order valence-electron chi connectivity index (χ3n) is 12.6. The molecule has 0 radical (unpaired) electrons. The van der Waals surface area contributed by atoms with E-state index in [1.54, 1.807) is 0 Å². The lowest BCUT2D eigenvalue weighted by molar-refractivity contribution is -0.132. The van der Waals surface area contributed by atoms with Crippen LogP contribution in [0.15, 0.2) is 48.6 Å². The molecule has 6 nitrogen and oxygen atoms in total. The minimum atomic E-state index is -1.29. The van der Waals surface area contributed by atoms with E-state index in [1.165, 1.54) is 186 Å². The monoisotopic (exact) mass is 872 g/mol. The summed E-state index contributed by atoms with van der Waals surface area (Å²) in [6.07, 6.45) is 63.6. The van der Waals surface area contributed by atoms with Crippen LogP contribution in [0.3, 0.4) is 0 Å². The quantitative estimate of drug-likeness (QED) is 0.0309. The topological polar surface area (TPSA) is 110 Å². The minimum absolute atomic E-state index is 0.359. The molecule has 0 aliphatic carbocycles. The number of hydrogen-bond donors (Lipinski definition) is 5. The van der Waals surface area contributed by atoms with Crippen LogP contribution in [0.25, 0.3) is 0 Å². The molecule has 0 heterocycles. The molecule has 0 aromatic rings. The van der Waals surface area contributed by atoms with Crippen molar-refractivity contribution in [3.63, 3.8) is 0 Å². The second kappa shape index (κ2) is 50.3. The molecule has 0 aliphatic heterocycles. The number of carbonyl (C=O) groups is 1. The van der Waals surface area contributed by atoms with Crippen LogP contribution in [-0.4, -0.2) is 57.3 Å². The molecule has 0 aromatic carbocycles. The Bertz CT molecular complexity index is 1020. The second-order valence-electron chi connectivity index (χ2n) is 18.6. The zero-order chi connectivity index (χ0) is 45.2. The SMILES string of the molecule is C/C=C/CC/C=C/CC/C=C/CCCC(O)C(O)C(CO)NC(=O)C(O)CCCCCCCCCCCCCCCCCC/C=C\CCCCCCCCCCCCCCCC. The first-order valence-corrected chi connectivity index (χ1v) is 27.0. The second-order valence-corrected chi connectivity index (χ2v) is 18.6. The van der Waals surface area contributed by atoms with Crippen molar-refractivity contribution >= 4 is 5.91 Å². The third kappa shape index (κ3) is 43.5. The number of aliphatic hydroxyl groups is 4. The average molecular weight is 872 g/mol. The summed E-state index contributed by atoms with van der Waals surface area (Å²) in [7, 11) is 0. The lowest BCUT2D eigenvalue weighted by Crippen LogP contribution is -2.53. The Kier molecular flexibility index (Phi) is 48.9. The maximum absolute atomic E-state index is 12.5. The van der Waals surface area contributed by atoms with Crippen molar-refractivity contribution in [2.24, 2.45) is 0 Å². The molecule has 0 spiro atoms. The van der Waals surface area contributed by atoms with E-state index < -0.39 is 36.9 Å². The van der Waals surface area contributed by atoms with Crippen LogP contribution in [0, 0.1) is 0 Å². The van der Waals surface area contributed by atoms with Gasteiger partial charge in [0, 0.05) is 0 Å². The van der Waals surface area contributed by atoms with Gasteiger partial charge >= 0.3 is 0 Å². The van der Waals surface area contributed by atoms with Gasteiger partial charge in [-0.2, -0.15) is 0 Å². The first kappa shape index (κ1) is 60.3. The van der Waals surface area contributed by atoms with Crippen molar-refractivity contribution in [2.45, 2.75) is 295 Å². The maximum atomic E-state index is 12.5. The Labute approximate surface area is 385 Å². The fourth-order valence-corrected chi connectivity index (χ4v) is 8.32. The van der Waals surface area contributed by atoms with Crippen LogP contribution >= 0.6 is 0 Å². The van der Waals surface area contributed by atoms with E-state index >= 15 is 0 Å². The van der Waals surface area contributed by atoms with Crippen molar-refractivity contribution in [1.29, 1.82) is 0 Å². The van der Waals surface area contributed by atoms with Crippen LogP contribution in [0.5, 0.6) is 0 Å². The summed E-state index contributed by atoms with van der Waals surface area (Å²) in [6, 6.07) is -1.01. The number of allylic oxidation sites excluding steroid dienone is 8. The number of unbranched alkanes of at least 4 members (excludes halogenated alkanes) is 33. The lowest BCUT2D eigenvalue weighted by atomic mass is 10.00. The van der Waals surface area contributed by atoms with Crippen molar-refractivity contribution in [3.8, 4) is 0 Å². The van der Waals surface area contributed by atoms with Crippen molar-refractivity contribution < 1.29 is 25.2 Å². The molecule has 1 amide bonds. The van der Waals surface area contributed by atoms with Crippen molar-refractivity contribution in [2.75, 3.05) is 6.61 Å². The van der Waals surface area contributed by atoms with E-state index in [-0.39, 0.29) is 0 Å². The van der Waals surface area contributed by atoms with Gasteiger partial charge in [-0.15, -0.1) is 0 Å². The predicted octanol–water partition coefficient (Wildman–Crippen LogP) is 15.4. The molecule has 6 heteroatoms. The molecule has 0 fully saturated rings. The summed E-state index contributed by atoms with van der Waals surface area (Å²) >= 11 is 0. The molecular weight excluding hydrogens is 767 g/mol. The van der Waals surface area contributed by atoms with Gasteiger partial charge in [0.1, 0.15) is 12.2 Å². The van der Waals surface area contributed by atoms with Gasteiger partial charge < -0.3 is 25.7 Å². The van der Waals surface area contributed by atoms with E-state index in [0.717, 1.165) is 51.4 Å². The summed E-state index contributed by atoms with van der Waals surface area (Å²) in [4.78, 5) is 12.5. The molecule has 0 saturated heterocycles. The molecule has 0 aliphatic rings. The Hall–Kier alpha value is -1.73. The molecule has 5 N–H and O–H groups in total. The van der Waals surface area contributed by atoms with Gasteiger partial charge in [0.25, 0.3) is 0 Å². The molecule has 4 atom stereocenters. The van der Waals surface area contributed by atoms with Crippen LogP contribution < -0.4 is 5.32 Å². The zero-order valence-electron chi connectivity index (χ0n) is 41.1. The molecule has 62 heavy (non-hydrogen) atoms. The fraction of sp³-hybridized carbons (Fsp3) is 0.839. The van der Waals surface area contributed by atoms with Crippen molar-refractivity contribution in [1.82, 2.24) is 5.32 Å². The summed E-state index contributed by atoms with van der Waals surface area (Å²) < 4.78 is 0. The standard InChI is InChI=1S/C56H105NO5/c1-3-5-7-9-11-13-15-17-18-19-20-21-22-23-24-25-26-27-28-29-30-31-32-33-34-35-36-37-38-40-42-44-46-48-50-54(60)56(62)57-52(51-58)55(61)53(59)49-47-45-43-41-39-16-14-12-10-8-6-4-2/h4,6,12,14,25-26,41,43,52-55,58-61H,3,5,7-11,13,15-24,27-40,42,44-51H2,1-2H3,(H,57,62)/b6-4+,14-12+,26-25-,43-41+. The van der Waals surface area contributed by atoms with Gasteiger partial charge in [0.05, 0.1) is 18.8 Å². The van der Waals surface area contributed by atoms with Gasteiger partial charge in [-0.25, -0.2) is 0 Å². The van der Waals surface area contributed by atoms with Gasteiger partial charge in [-0.3, -0.25) is 4.79 Å². The number of rotatable bonds is 49. The van der Waals surface area contributed by atoms with Crippen molar-refractivity contribution in [3.05, 3.63) is 48.6 Å². The number of amides is 1. The summed E-state index contributed by atoms with van der Waals surface area (Å²) in [5.41, 5.74) is 0. The Morgan fingerprint density at radius 1 is 0.419 bits per heavy atom. The summed E-state index contributed by atoms with van der Waals surface area (Å²) in [5, 5.41) is 43.7. The highest BCUT2D eigenvalue weighted by atomic mass is 16.3. The molecule has 4 unspecified atom stereocenters. The Morgan fingerprint density at radius 2 is 0.742 bits per heavy atom.